The van der Waals surface area contributed by atoms with Crippen molar-refractivity contribution in [3.63, 3.8) is 0 Å². The topological polar surface area (TPSA) is 41.3 Å². The van der Waals surface area contributed by atoms with Gasteiger partial charge in [-0.3, -0.25) is 0 Å². The van der Waals surface area contributed by atoms with Crippen molar-refractivity contribution in [2.75, 3.05) is 31.5 Å². The molecule has 1 aliphatic heterocycles. The van der Waals surface area contributed by atoms with Gasteiger partial charge in [-0.25, -0.2) is 0 Å². The van der Waals surface area contributed by atoms with E-state index in [1.54, 1.807) is 0 Å². The molecule has 0 aliphatic carbocycles. The Morgan fingerprint density at radius 1 is 1.39 bits per heavy atom. The van der Waals surface area contributed by atoms with Crippen LogP contribution in [-0.4, -0.2) is 36.1 Å². The molecule has 1 aliphatic rings. The van der Waals surface area contributed by atoms with E-state index in [4.69, 9.17) is 29.6 Å². The van der Waals surface area contributed by atoms with E-state index in [2.05, 4.69) is 10.2 Å². The zero-order valence-electron chi connectivity index (χ0n) is 10.3. The molecular weight excluding hydrogens is 266 g/mol. The van der Waals surface area contributed by atoms with E-state index < -0.39 is 0 Å². The van der Waals surface area contributed by atoms with Crippen molar-refractivity contribution in [2.45, 2.75) is 12.8 Å². The molecule has 1 heterocycles. The van der Waals surface area contributed by atoms with E-state index >= 15 is 0 Å². The Hall–Kier alpha value is -0.840. The van der Waals surface area contributed by atoms with Crippen molar-refractivity contribution in [2.24, 2.45) is 5.73 Å². The van der Waals surface area contributed by atoms with Crippen molar-refractivity contribution in [3.8, 4) is 0 Å². The van der Waals surface area contributed by atoms with Crippen LogP contribution in [0.3, 0.4) is 0 Å². The van der Waals surface area contributed by atoms with Gasteiger partial charge in [-0.05, 0) is 38.1 Å². The third-order valence-electron chi connectivity index (χ3n) is 3.20. The van der Waals surface area contributed by atoms with Gasteiger partial charge in [-0.1, -0.05) is 29.9 Å². The number of likely N-dealkylation sites (tertiary alicyclic amines) is 1. The summed E-state index contributed by atoms with van der Waals surface area (Å²) in [6.45, 7) is 4.35. The van der Waals surface area contributed by atoms with Crippen LogP contribution in [0.5, 0.6) is 0 Å². The molecule has 0 saturated carbocycles. The van der Waals surface area contributed by atoms with Crippen LogP contribution in [0.2, 0.25) is 5.02 Å². The molecule has 0 unspecified atom stereocenters. The first-order chi connectivity index (χ1) is 8.68. The van der Waals surface area contributed by atoms with Gasteiger partial charge in [0.15, 0.2) is 0 Å². The fourth-order valence-corrected chi connectivity index (χ4v) is 2.83. The number of thiocarbonyl (C=S) groups is 1. The predicted octanol–water partition coefficient (Wildman–Crippen LogP) is 2.48. The molecule has 5 heteroatoms. The lowest BCUT2D eigenvalue weighted by Crippen LogP contribution is -2.26. The van der Waals surface area contributed by atoms with Gasteiger partial charge in [0.25, 0.3) is 0 Å². The third kappa shape index (κ3) is 3.34. The van der Waals surface area contributed by atoms with E-state index in [-0.39, 0.29) is 0 Å². The molecule has 0 aromatic heterocycles. The summed E-state index contributed by atoms with van der Waals surface area (Å²) in [5, 5.41) is 3.97. The Kier molecular flexibility index (Phi) is 4.80. The smallest absolute Gasteiger partial charge is 0.107 e. The quantitative estimate of drug-likeness (QED) is 0.815. The zero-order chi connectivity index (χ0) is 13.0. The minimum atomic E-state index is 0.337. The molecule has 3 N–H and O–H groups in total. The average Bonchev–Trinajstić information content (AvgIpc) is 2.81. The summed E-state index contributed by atoms with van der Waals surface area (Å²) < 4.78 is 0. The lowest BCUT2D eigenvalue weighted by Gasteiger charge is -2.17. The summed E-state index contributed by atoms with van der Waals surface area (Å²) in [5.74, 6) is 0. The first-order valence-corrected chi connectivity index (χ1v) is 7.01. The summed E-state index contributed by atoms with van der Waals surface area (Å²) in [4.78, 5) is 2.79. The molecule has 18 heavy (non-hydrogen) atoms. The van der Waals surface area contributed by atoms with Crippen LogP contribution in [0.15, 0.2) is 18.2 Å². The molecule has 0 radical (unpaired) electrons. The van der Waals surface area contributed by atoms with Gasteiger partial charge in [0.2, 0.25) is 0 Å². The largest absolute Gasteiger partial charge is 0.389 e. The van der Waals surface area contributed by atoms with E-state index in [1.807, 2.05) is 18.2 Å². The van der Waals surface area contributed by atoms with Crippen molar-refractivity contribution in [3.05, 3.63) is 28.8 Å². The van der Waals surface area contributed by atoms with Gasteiger partial charge >= 0.3 is 0 Å². The SMILES string of the molecule is NC(=S)c1c(Cl)cccc1NCCN1CCCC1. The average molecular weight is 284 g/mol. The van der Waals surface area contributed by atoms with Gasteiger partial charge in [0.1, 0.15) is 4.99 Å². The molecular formula is C13H18ClN3S. The van der Waals surface area contributed by atoms with Gasteiger partial charge in [-0.2, -0.15) is 0 Å². The summed E-state index contributed by atoms with van der Waals surface area (Å²) in [6.07, 6.45) is 2.63. The number of hydrogen-bond donors (Lipinski definition) is 2. The molecule has 98 valence electrons. The molecule has 1 aromatic rings. The monoisotopic (exact) mass is 283 g/mol. The molecule has 1 saturated heterocycles. The Labute approximate surface area is 118 Å². The lowest BCUT2D eigenvalue weighted by atomic mass is 10.1. The van der Waals surface area contributed by atoms with Crippen LogP contribution >= 0.6 is 23.8 Å². The van der Waals surface area contributed by atoms with E-state index in [0.29, 0.717) is 10.0 Å². The Morgan fingerprint density at radius 2 is 2.11 bits per heavy atom. The van der Waals surface area contributed by atoms with Crippen LogP contribution in [-0.2, 0) is 0 Å². The number of nitrogens with zero attached hydrogens (tertiary/aromatic N) is 1. The van der Waals surface area contributed by atoms with Gasteiger partial charge in [0.05, 0.1) is 10.6 Å². The third-order valence-corrected chi connectivity index (χ3v) is 3.72. The number of rotatable bonds is 5. The summed E-state index contributed by atoms with van der Waals surface area (Å²) in [7, 11) is 0. The normalized spacial score (nSPS) is 15.8. The van der Waals surface area contributed by atoms with Gasteiger partial charge in [0, 0.05) is 18.8 Å². The van der Waals surface area contributed by atoms with Crippen LogP contribution in [0.4, 0.5) is 5.69 Å². The summed E-state index contributed by atoms with van der Waals surface area (Å²) >= 11 is 11.2. The number of benzene rings is 1. The minimum Gasteiger partial charge on any atom is -0.389 e. The predicted molar refractivity (Wildman–Crippen MR) is 81.5 cm³/mol. The maximum atomic E-state index is 6.11. The number of anilines is 1. The lowest BCUT2D eigenvalue weighted by molar-refractivity contribution is 0.352. The number of nitrogens with two attached hydrogens (primary N) is 1. The van der Waals surface area contributed by atoms with Crippen LogP contribution < -0.4 is 11.1 Å². The summed E-state index contributed by atoms with van der Waals surface area (Å²) in [5.41, 5.74) is 7.38. The van der Waals surface area contributed by atoms with E-state index in [1.165, 1.54) is 25.9 Å². The molecule has 3 nitrogen and oxygen atoms in total. The van der Waals surface area contributed by atoms with Crippen molar-refractivity contribution in [1.29, 1.82) is 0 Å². The first kappa shape index (κ1) is 13.6. The number of nitrogens with one attached hydrogen (secondary N) is 1. The standard InChI is InChI=1S/C13H18ClN3S/c14-10-4-3-5-11(12(10)13(15)18)16-6-9-17-7-1-2-8-17/h3-5,16H,1-2,6-9H2,(H2,15,18). The highest BCUT2D eigenvalue weighted by Crippen LogP contribution is 2.24. The minimum absolute atomic E-state index is 0.337. The molecule has 1 fully saturated rings. The number of halogens is 1. The highest BCUT2D eigenvalue weighted by molar-refractivity contribution is 7.80. The Morgan fingerprint density at radius 3 is 2.78 bits per heavy atom. The molecule has 0 spiro atoms. The maximum Gasteiger partial charge on any atom is 0.107 e. The Balaban J connectivity index is 1.96. The Bertz CT molecular complexity index is 430. The highest BCUT2D eigenvalue weighted by Gasteiger charge is 2.12. The van der Waals surface area contributed by atoms with E-state index in [0.717, 1.165) is 24.3 Å². The molecule has 0 atom stereocenters. The second-order valence-corrected chi connectivity index (χ2v) is 5.35. The summed E-state index contributed by atoms with van der Waals surface area (Å²) in [6, 6.07) is 5.67. The molecule has 0 bridgehead atoms. The molecule has 2 rings (SSSR count). The van der Waals surface area contributed by atoms with Crippen LogP contribution in [0.25, 0.3) is 0 Å². The second-order valence-electron chi connectivity index (χ2n) is 4.50. The maximum absolute atomic E-state index is 6.11. The van der Waals surface area contributed by atoms with Crippen molar-refractivity contribution in [1.82, 2.24) is 4.90 Å². The molecule has 0 amide bonds. The number of hydrogen-bond acceptors (Lipinski definition) is 3. The van der Waals surface area contributed by atoms with Gasteiger partial charge in [-0.15, -0.1) is 0 Å². The fourth-order valence-electron chi connectivity index (χ4n) is 2.28. The highest BCUT2D eigenvalue weighted by atomic mass is 35.5. The first-order valence-electron chi connectivity index (χ1n) is 6.23. The molecule has 1 aromatic carbocycles. The fraction of sp³-hybridized carbons (Fsp3) is 0.462. The van der Waals surface area contributed by atoms with Crippen LogP contribution in [0, 0.1) is 0 Å². The van der Waals surface area contributed by atoms with Crippen molar-refractivity contribution < 1.29 is 0 Å². The van der Waals surface area contributed by atoms with E-state index in [9.17, 15) is 0 Å². The van der Waals surface area contributed by atoms with Crippen LogP contribution in [0.1, 0.15) is 18.4 Å². The van der Waals surface area contributed by atoms with Crippen molar-refractivity contribution >= 4 is 34.5 Å². The van der Waals surface area contributed by atoms with Gasteiger partial charge < -0.3 is 16.0 Å². The zero-order valence-corrected chi connectivity index (χ0v) is 11.9. The second kappa shape index (κ2) is 6.36.